The van der Waals surface area contributed by atoms with Crippen LogP contribution in [0.15, 0.2) is 4.99 Å². The van der Waals surface area contributed by atoms with Crippen molar-refractivity contribution in [2.45, 2.75) is 52.4 Å². The summed E-state index contributed by atoms with van der Waals surface area (Å²) in [7, 11) is 0. The van der Waals surface area contributed by atoms with Gasteiger partial charge in [-0.1, -0.05) is 26.2 Å². The van der Waals surface area contributed by atoms with Crippen LogP contribution in [0.5, 0.6) is 0 Å². The third-order valence-corrected chi connectivity index (χ3v) is 3.84. The minimum absolute atomic E-state index is 0. The Morgan fingerprint density at radius 3 is 2.90 bits per heavy atom. The summed E-state index contributed by atoms with van der Waals surface area (Å²) < 4.78 is 5.26. The second-order valence-electron chi connectivity index (χ2n) is 5.67. The predicted octanol–water partition coefficient (Wildman–Crippen LogP) is 3.15. The molecule has 120 valence electrons. The average molecular weight is 397 g/mol. The molecule has 1 aliphatic rings. The van der Waals surface area contributed by atoms with Crippen molar-refractivity contribution in [2.24, 2.45) is 22.6 Å². The number of halogens is 1. The summed E-state index contributed by atoms with van der Waals surface area (Å²) in [6.07, 6.45) is 7.74. The number of guanidine groups is 1. The van der Waals surface area contributed by atoms with Crippen molar-refractivity contribution in [1.82, 2.24) is 5.32 Å². The van der Waals surface area contributed by atoms with Gasteiger partial charge in [0, 0.05) is 26.3 Å². The van der Waals surface area contributed by atoms with Gasteiger partial charge in [-0.15, -0.1) is 24.0 Å². The summed E-state index contributed by atoms with van der Waals surface area (Å²) >= 11 is 0. The molecule has 5 heteroatoms. The third-order valence-electron chi connectivity index (χ3n) is 3.84. The van der Waals surface area contributed by atoms with Crippen LogP contribution in [0.2, 0.25) is 0 Å². The lowest BCUT2D eigenvalue weighted by atomic mass is 9.81. The van der Waals surface area contributed by atoms with Crippen LogP contribution < -0.4 is 11.1 Å². The van der Waals surface area contributed by atoms with Gasteiger partial charge >= 0.3 is 0 Å². The number of ether oxygens (including phenoxy) is 1. The van der Waals surface area contributed by atoms with Crippen molar-refractivity contribution in [3.63, 3.8) is 0 Å². The maximum absolute atomic E-state index is 5.83. The zero-order valence-corrected chi connectivity index (χ0v) is 15.4. The number of nitrogens with zero attached hydrogens (tertiary/aromatic N) is 1. The molecule has 1 fully saturated rings. The van der Waals surface area contributed by atoms with Crippen LogP contribution in [0, 0.1) is 11.8 Å². The van der Waals surface area contributed by atoms with Gasteiger partial charge in [-0.25, -0.2) is 0 Å². The molecule has 1 rings (SSSR count). The Bertz CT molecular complexity index is 262. The molecule has 2 atom stereocenters. The Morgan fingerprint density at radius 1 is 1.40 bits per heavy atom. The minimum atomic E-state index is 0. The maximum Gasteiger partial charge on any atom is 0.188 e. The molecule has 1 saturated carbocycles. The Balaban J connectivity index is 0.00000361. The molecule has 0 amide bonds. The third kappa shape index (κ3) is 9.80. The highest BCUT2D eigenvalue weighted by Gasteiger charge is 2.18. The second kappa shape index (κ2) is 12.7. The fourth-order valence-corrected chi connectivity index (χ4v) is 2.79. The van der Waals surface area contributed by atoms with E-state index in [4.69, 9.17) is 10.5 Å². The normalized spacial score (nSPS) is 23.2. The molecule has 0 aromatic carbocycles. The van der Waals surface area contributed by atoms with Gasteiger partial charge in [-0.3, -0.25) is 4.99 Å². The molecule has 3 N–H and O–H groups in total. The molecule has 4 nitrogen and oxygen atoms in total. The lowest BCUT2D eigenvalue weighted by molar-refractivity contribution is 0.146. The number of hydrogen-bond acceptors (Lipinski definition) is 2. The number of nitrogens with two attached hydrogens (primary N) is 1. The molecule has 0 spiro atoms. The van der Waals surface area contributed by atoms with Gasteiger partial charge in [0.2, 0.25) is 0 Å². The van der Waals surface area contributed by atoms with Crippen molar-refractivity contribution in [3.8, 4) is 0 Å². The van der Waals surface area contributed by atoms with Gasteiger partial charge in [-0.05, 0) is 38.0 Å². The van der Waals surface area contributed by atoms with Gasteiger partial charge in [0.1, 0.15) is 0 Å². The molecule has 0 bridgehead atoms. The first-order valence-corrected chi connectivity index (χ1v) is 7.84. The van der Waals surface area contributed by atoms with E-state index in [-0.39, 0.29) is 24.0 Å². The van der Waals surface area contributed by atoms with E-state index < -0.39 is 0 Å². The van der Waals surface area contributed by atoms with Crippen LogP contribution in [0.4, 0.5) is 0 Å². The van der Waals surface area contributed by atoms with E-state index in [9.17, 15) is 0 Å². The number of aliphatic imine (C=N–C) groups is 1. The topological polar surface area (TPSA) is 59.6 Å². The number of nitrogens with one attached hydrogen (secondary N) is 1. The molecular formula is C15H32IN3O. The summed E-state index contributed by atoms with van der Waals surface area (Å²) in [5, 5.41) is 3.22. The van der Waals surface area contributed by atoms with E-state index in [1.807, 2.05) is 6.92 Å². The van der Waals surface area contributed by atoms with Crippen LogP contribution in [0.1, 0.15) is 52.4 Å². The molecule has 1 aliphatic carbocycles. The maximum atomic E-state index is 5.83. The summed E-state index contributed by atoms with van der Waals surface area (Å²) in [6, 6.07) is 0. The number of rotatable bonds is 8. The van der Waals surface area contributed by atoms with E-state index in [1.54, 1.807) is 0 Å². The first-order chi connectivity index (χ1) is 9.22. The summed E-state index contributed by atoms with van der Waals surface area (Å²) in [5.74, 6) is 2.37. The van der Waals surface area contributed by atoms with Gasteiger partial charge in [0.05, 0.1) is 0 Å². The van der Waals surface area contributed by atoms with Crippen LogP contribution >= 0.6 is 24.0 Å². The Labute approximate surface area is 141 Å². The molecule has 2 unspecified atom stereocenters. The summed E-state index contributed by atoms with van der Waals surface area (Å²) in [4.78, 5) is 4.30. The highest BCUT2D eigenvalue weighted by Crippen LogP contribution is 2.30. The van der Waals surface area contributed by atoms with E-state index in [2.05, 4.69) is 17.2 Å². The summed E-state index contributed by atoms with van der Waals surface area (Å²) in [5.41, 5.74) is 5.83. The van der Waals surface area contributed by atoms with Gasteiger partial charge in [-0.2, -0.15) is 0 Å². The highest BCUT2D eigenvalue weighted by atomic mass is 127. The van der Waals surface area contributed by atoms with E-state index in [0.29, 0.717) is 5.96 Å². The molecule has 0 aromatic rings. The fraction of sp³-hybridized carbons (Fsp3) is 0.933. The Morgan fingerprint density at radius 2 is 2.20 bits per heavy atom. The van der Waals surface area contributed by atoms with Crippen molar-refractivity contribution in [1.29, 1.82) is 0 Å². The van der Waals surface area contributed by atoms with Crippen LogP contribution in [0.25, 0.3) is 0 Å². The zero-order valence-electron chi connectivity index (χ0n) is 13.1. The molecule has 0 aliphatic heterocycles. The fourth-order valence-electron chi connectivity index (χ4n) is 2.79. The monoisotopic (exact) mass is 397 g/mol. The smallest absolute Gasteiger partial charge is 0.188 e. The van der Waals surface area contributed by atoms with Gasteiger partial charge in [0.25, 0.3) is 0 Å². The Kier molecular flexibility index (Phi) is 12.7. The van der Waals surface area contributed by atoms with Crippen LogP contribution in [-0.2, 0) is 4.74 Å². The van der Waals surface area contributed by atoms with Crippen molar-refractivity contribution in [3.05, 3.63) is 0 Å². The minimum Gasteiger partial charge on any atom is -0.382 e. The van der Waals surface area contributed by atoms with Crippen LogP contribution in [0.3, 0.4) is 0 Å². The average Bonchev–Trinajstić information content (AvgIpc) is 2.38. The molecule has 0 radical (unpaired) electrons. The molecule has 0 saturated heterocycles. The van der Waals surface area contributed by atoms with E-state index >= 15 is 0 Å². The first-order valence-electron chi connectivity index (χ1n) is 7.84. The predicted molar refractivity (Wildman–Crippen MR) is 96.8 cm³/mol. The second-order valence-corrected chi connectivity index (χ2v) is 5.67. The van der Waals surface area contributed by atoms with Gasteiger partial charge in [0.15, 0.2) is 5.96 Å². The van der Waals surface area contributed by atoms with Crippen molar-refractivity contribution < 1.29 is 4.74 Å². The van der Waals surface area contributed by atoms with Crippen molar-refractivity contribution >= 4 is 29.9 Å². The summed E-state index contributed by atoms with van der Waals surface area (Å²) in [6.45, 7) is 7.63. The molecule has 0 heterocycles. The zero-order chi connectivity index (χ0) is 13.9. The highest BCUT2D eigenvalue weighted by molar-refractivity contribution is 14.0. The lowest BCUT2D eigenvalue weighted by Gasteiger charge is -2.26. The lowest BCUT2D eigenvalue weighted by Crippen LogP contribution is -2.33. The molecule has 0 aromatic heterocycles. The van der Waals surface area contributed by atoms with Gasteiger partial charge < -0.3 is 15.8 Å². The largest absolute Gasteiger partial charge is 0.382 e. The Hall–Kier alpha value is -0.0400. The molecule has 20 heavy (non-hydrogen) atoms. The van der Waals surface area contributed by atoms with E-state index in [1.165, 1.54) is 32.1 Å². The quantitative estimate of drug-likeness (QED) is 0.286. The number of hydrogen-bond donors (Lipinski definition) is 2. The van der Waals surface area contributed by atoms with Crippen molar-refractivity contribution in [2.75, 3.05) is 26.3 Å². The SMILES string of the molecule is CCOCCCN=C(N)NCCC1CCCC(C)C1.I. The van der Waals surface area contributed by atoms with Crippen LogP contribution in [-0.4, -0.2) is 32.3 Å². The van der Waals surface area contributed by atoms with E-state index in [0.717, 1.165) is 44.6 Å². The first kappa shape index (κ1) is 20.0. The standard InChI is InChI=1S/C15H31N3O.HI/c1-3-19-11-5-9-17-15(16)18-10-8-14-7-4-6-13(2)12-14;/h13-14H,3-12H2,1-2H3,(H3,16,17,18);1H. The molecular weight excluding hydrogens is 365 g/mol.